The number of amides is 1. The maximum Gasteiger partial charge on any atom is 0.323 e. The van der Waals surface area contributed by atoms with E-state index >= 15 is 0 Å². The van der Waals surface area contributed by atoms with Gasteiger partial charge < -0.3 is 26.0 Å². The van der Waals surface area contributed by atoms with E-state index < -0.39 is 24.5 Å². The zero-order valence-electron chi connectivity index (χ0n) is 11.4. The monoisotopic (exact) mass is 294 g/mol. The molecule has 0 saturated carbocycles. The van der Waals surface area contributed by atoms with E-state index in [0.29, 0.717) is 5.56 Å². The minimum atomic E-state index is -1.14. The fraction of sp³-hybridized carbons (Fsp3) is 0.286. The molecular formula is C14H18N2O5. The number of carbonyl (C=O) groups is 2. The van der Waals surface area contributed by atoms with Crippen LogP contribution in [0.3, 0.4) is 0 Å². The average Bonchev–Trinajstić information content (AvgIpc) is 2.41. The summed E-state index contributed by atoms with van der Waals surface area (Å²) in [5, 5.41) is 27.4. The van der Waals surface area contributed by atoms with Crippen molar-refractivity contribution in [2.45, 2.75) is 12.5 Å². The number of benzene rings is 1. The lowest BCUT2D eigenvalue weighted by atomic mass is 10.0. The lowest BCUT2D eigenvalue weighted by Gasteiger charge is -2.22. The summed E-state index contributed by atoms with van der Waals surface area (Å²) < 4.78 is 0. The maximum absolute atomic E-state index is 12.1. The standard InChI is InChI=1S/C14H18N2O5/c1-2-5-16(8-13(19)20)14(21)10(15)6-9-3-4-11(17)12(18)7-9/h2-4,7,10,17-18H,1,5-6,8,15H2,(H,19,20)/t10-/m0/s1. The Labute approximate surface area is 121 Å². The number of phenolic OH excluding ortho intramolecular Hbond substituents is 2. The fourth-order valence-electron chi connectivity index (χ4n) is 1.82. The van der Waals surface area contributed by atoms with E-state index in [0.717, 1.165) is 4.90 Å². The minimum absolute atomic E-state index is 0.0830. The minimum Gasteiger partial charge on any atom is -0.504 e. The van der Waals surface area contributed by atoms with Gasteiger partial charge in [0.05, 0.1) is 6.04 Å². The normalized spacial score (nSPS) is 11.7. The summed E-state index contributed by atoms with van der Waals surface area (Å²) in [6.07, 6.45) is 1.53. The van der Waals surface area contributed by atoms with Crippen molar-refractivity contribution < 1.29 is 24.9 Å². The molecule has 1 aromatic carbocycles. The number of nitrogens with zero attached hydrogens (tertiary/aromatic N) is 1. The average molecular weight is 294 g/mol. The molecule has 21 heavy (non-hydrogen) atoms. The summed E-state index contributed by atoms with van der Waals surface area (Å²) in [6.45, 7) is 3.09. The van der Waals surface area contributed by atoms with Gasteiger partial charge in [-0.3, -0.25) is 9.59 Å². The molecule has 1 aromatic rings. The van der Waals surface area contributed by atoms with Gasteiger partial charge in [0.1, 0.15) is 6.54 Å². The van der Waals surface area contributed by atoms with Crippen molar-refractivity contribution in [3.05, 3.63) is 36.4 Å². The van der Waals surface area contributed by atoms with Crippen LogP contribution in [0.1, 0.15) is 5.56 Å². The van der Waals surface area contributed by atoms with Crippen LogP contribution in [0.2, 0.25) is 0 Å². The zero-order valence-corrected chi connectivity index (χ0v) is 11.4. The van der Waals surface area contributed by atoms with Gasteiger partial charge in [0, 0.05) is 6.54 Å². The highest BCUT2D eigenvalue weighted by molar-refractivity contribution is 5.85. The largest absolute Gasteiger partial charge is 0.504 e. The Balaban J connectivity index is 2.77. The Morgan fingerprint density at radius 1 is 1.33 bits per heavy atom. The first kappa shape index (κ1) is 16.5. The second-order valence-corrected chi connectivity index (χ2v) is 4.53. The lowest BCUT2D eigenvalue weighted by molar-refractivity contribution is -0.144. The van der Waals surface area contributed by atoms with Gasteiger partial charge in [-0.25, -0.2) is 0 Å². The molecular weight excluding hydrogens is 276 g/mol. The fourth-order valence-corrected chi connectivity index (χ4v) is 1.82. The van der Waals surface area contributed by atoms with E-state index in [4.69, 9.17) is 10.8 Å². The summed E-state index contributed by atoms with van der Waals surface area (Å²) in [4.78, 5) is 23.9. The van der Waals surface area contributed by atoms with Crippen molar-refractivity contribution in [2.75, 3.05) is 13.1 Å². The highest BCUT2D eigenvalue weighted by atomic mass is 16.4. The summed E-state index contributed by atoms with van der Waals surface area (Å²) >= 11 is 0. The Kier molecular flexibility index (Phi) is 5.74. The smallest absolute Gasteiger partial charge is 0.323 e. The molecule has 1 atom stereocenters. The molecule has 0 bridgehead atoms. The third-order valence-electron chi connectivity index (χ3n) is 2.80. The van der Waals surface area contributed by atoms with E-state index in [1.807, 2.05) is 0 Å². The van der Waals surface area contributed by atoms with Crippen molar-refractivity contribution in [1.29, 1.82) is 0 Å². The van der Waals surface area contributed by atoms with E-state index in [1.54, 1.807) is 0 Å². The number of hydrogen-bond acceptors (Lipinski definition) is 5. The van der Waals surface area contributed by atoms with Gasteiger partial charge in [0.25, 0.3) is 0 Å². The molecule has 0 heterocycles. The van der Waals surface area contributed by atoms with Crippen LogP contribution in [-0.2, 0) is 16.0 Å². The zero-order chi connectivity index (χ0) is 16.0. The van der Waals surface area contributed by atoms with Crippen molar-refractivity contribution >= 4 is 11.9 Å². The molecule has 1 rings (SSSR count). The van der Waals surface area contributed by atoms with Gasteiger partial charge in [0.15, 0.2) is 11.5 Å². The predicted octanol–water partition coefficient (Wildman–Crippen LogP) is 0.0668. The third-order valence-corrected chi connectivity index (χ3v) is 2.80. The van der Waals surface area contributed by atoms with Crippen LogP contribution >= 0.6 is 0 Å². The SMILES string of the molecule is C=CCN(CC(=O)O)C(=O)[C@@H](N)Cc1ccc(O)c(O)c1. The molecule has 0 unspecified atom stereocenters. The summed E-state index contributed by atoms with van der Waals surface area (Å²) in [6, 6.07) is 3.17. The Bertz CT molecular complexity index is 544. The molecule has 7 heteroatoms. The van der Waals surface area contributed by atoms with Gasteiger partial charge in [-0.1, -0.05) is 12.1 Å². The lowest BCUT2D eigenvalue weighted by Crippen LogP contribution is -2.46. The number of hydrogen-bond donors (Lipinski definition) is 4. The first-order valence-corrected chi connectivity index (χ1v) is 6.23. The van der Waals surface area contributed by atoms with Gasteiger partial charge >= 0.3 is 5.97 Å². The molecule has 0 aliphatic rings. The second-order valence-electron chi connectivity index (χ2n) is 4.53. The highest BCUT2D eigenvalue weighted by Gasteiger charge is 2.22. The molecule has 0 aliphatic heterocycles. The van der Waals surface area contributed by atoms with Crippen molar-refractivity contribution in [3.63, 3.8) is 0 Å². The Hall–Kier alpha value is -2.54. The number of rotatable bonds is 7. The molecule has 0 saturated heterocycles. The Morgan fingerprint density at radius 2 is 2.00 bits per heavy atom. The topological polar surface area (TPSA) is 124 Å². The van der Waals surface area contributed by atoms with Crippen LogP contribution in [0, 0.1) is 0 Å². The van der Waals surface area contributed by atoms with Crippen molar-refractivity contribution in [2.24, 2.45) is 5.73 Å². The number of aromatic hydroxyl groups is 2. The van der Waals surface area contributed by atoms with Crippen LogP contribution in [0.5, 0.6) is 11.5 Å². The summed E-state index contributed by atoms with van der Waals surface area (Å²) in [5.74, 6) is -2.23. The highest BCUT2D eigenvalue weighted by Crippen LogP contribution is 2.25. The van der Waals surface area contributed by atoms with Gasteiger partial charge in [-0.05, 0) is 24.1 Å². The Morgan fingerprint density at radius 3 is 2.52 bits per heavy atom. The van der Waals surface area contributed by atoms with Crippen LogP contribution in [0.25, 0.3) is 0 Å². The quantitative estimate of drug-likeness (QED) is 0.416. The number of nitrogens with two attached hydrogens (primary N) is 1. The van der Waals surface area contributed by atoms with Gasteiger partial charge in [-0.2, -0.15) is 0 Å². The molecule has 7 nitrogen and oxygen atoms in total. The first-order chi connectivity index (χ1) is 9.85. The van der Waals surface area contributed by atoms with Gasteiger partial charge in [-0.15, -0.1) is 6.58 Å². The molecule has 0 spiro atoms. The molecule has 1 amide bonds. The third kappa shape index (κ3) is 4.81. The summed E-state index contributed by atoms with van der Waals surface area (Å²) in [7, 11) is 0. The van der Waals surface area contributed by atoms with E-state index in [2.05, 4.69) is 6.58 Å². The van der Waals surface area contributed by atoms with Gasteiger partial charge in [0.2, 0.25) is 5.91 Å². The van der Waals surface area contributed by atoms with Crippen LogP contribution in [0.4, 0.5) is 0 Å². The number of aliphatic carboxylic acids is 1. The second kappa shape index (κ2) is 7.30. The molecule has 0 fully saturated rings. The van der Waals surface area contributed by atoms with Crippen LogP contribution < -0.4 is 5.73 Å². The maximum atomic E-state index is 12.1. The van der Waals surface area contributed by atoms with Crippen molar-refractivity contribution in [1.82, 2.24) is 4.90 Å². The molecule has 0 radical (unpaired) electrons. The molecule has 0 aromatic heterocycles. The molecule has 5 N–H and O–H groups in total. The number of carbonyl (C=O) groups excluding carboxylic acids is 1. The van der Waals surface area contributed by atoms with Crippen molar-refractivity contribution in [3.8, 4) is 11.5 Å². The van der Waals surface area contributed by atoms with Crippen LogP contribution in [0.15, 0.2) is 30.9 Å². The van der Waals surface area contributed by atoms with E-state index in [1.165, 1.54) is 24.3 Å². The molecule has 0 aliphatic carbocycles. The van der Waals surface area contributed by atoms with E-state index in [-0.39, 0.29) is 24.5 Å². The summed E-state index contributed by atoms with van der Waals surface area (Å²) in [5.41, 5.74) is 6.34. The first-order valence-electron chi connectivity index (χ1n) is 6.23. The van der Waals surface area contributed by atoms with E-state index in [9.17, 15) is 19.8 Å². The number of phenols is 2. The number of carboxylic acid groups (broad SMARTS) is 1. The van der Waals surface area contributed by atoms with Crippen LogP contribution in [-0.4, -0.2) is 51.2 Å². The number of carboxylic acids is 1. The predicted molar refractivity (Wildman–Crippen MR) is 75.9 cm³/mol. The molecule has 114 valence electrons.